The Bertz CT molecular complexity index is 933. The highest BCUT2D eigenvalue weighted by molar-refractivity contribution is 8.04. The van der Waals surface area contributed by atoms with Gasteiger partial charge in [0, 0.05) is 0 Å². The van der Waals surface area contributed by atoms with Gasteiger partial charge in [-0.3, -0.25) is 4.79 Å². The third-order valence-electron chi connectivity index (χ3n) is 3.75. The third-order valence-corrected chi connectivity index (χ3v) is 5.88. The molecule has 0 radical (unpaired) electrons. The first kappa shape index (κ1) is 19.1. The first-order valence-electron chi connectivity index (χ1n) is 8.08. The zero-order chi connectivity index (χ0) is 19.4. The van der Waals surface area contributed by atoms with E-state index in [1.54, 1.807) is 32.0 Å². The predicted octanol–water partition coefficient (Wildman–Crippen LogP) is 3.72. The largest absolute Gasteiger partial charge is 0.462 e. The summed E-state index contributed by atoms with van der Waals surface area (Å²) in [6.07, 6.45) is 0.124. The summed E-state index contributed by atoms with van der Waals surface area (Å²) in [7, 11) is 0. The lowest BCUT2D eigenvalue weighted by Gasteiger charge is -2.06. The van der Waals surface area contributed by atoms with E-state index in [1.807, 2.05) is 5.40 Å². The van der Waals surface area contributed by atoms with Crippen molar-refractivity contribution in [3.63, 3.8) is 0 Å². The molecule has 0 spiro atoms. The number of nitrogens with one attached hydrogen (secondary N) is 1. The number of thioether (sulfide) groups is 1. The van der Waals surface area contributed by atoms with Gasteiger partial charge in [0.05, 0.1) is 17.9 Å². The number of rotatable bonds is 6. The molecular formula is C18H16N2O5S2. The van der Waals surface area contributed by atoms with Gasteiger partial charge in [0.2, 0.25) is 12.7 Å². The maximum absolute atomic E-state index is 12.5. The molecule has 140 valence electrons. The van der Waals surface area contributed by atoms with Gasteiger partial charge in [0.15, 0.2) is 11.5 Å². The number of ether oxygens (including phenoxy) is 3. The van der Waals surface area contributed by atoms with Gasteiger partial charge in [0.1, 0.15) is 15.3 Å². The molecule has 1 amide bonds. The molecule has 0 unspecified atom stereocenters. The molecular weight excluding hydrogens is 388 g/mol. The molecule has 0 fully saturated rings. The highest BCUT2D eigenvalue weighted by Gasteiger charge is 2.23. The highest BCUT2D eigenvalue weighted by atomic mass is 32.2. The lowest BCUT2D eigenvalue weighted by Crippen LogP contribution is -2.14. The molecule has 0 saturated carbocycles. The van der Waals surface area contributed by atoms with E-state index in [-0.39, 0.29) is 25.7 Å². The number of nitrogens with zero attached hydrogens (tertiary/aromatic N) is 1. The Balaban J connectivity index is 1.77. The fourth-order valence-electron chi connectivity index (χ4n) is 2.55. The molecule has 7 nitrogen and oxygen atoms in total. The Labute approximate surface area is 164 Å². The molecule has 1 aliphatic rings. The first-order valence-corrected chi connectivity index (χ1v) is 9.71. The van der Waals surface area contributed by atoms with Gasteiger partial charge in [-0.1, -0.05) is 6.07 Å². The third kappa shape index (κ3) is 4.18. The number of hydrogen-bond acceptors (Lipinski definition) is 8. The number of carbonyl (C=O) groups excluding carboxylic acids is 2. The van der Waals surface area contributed by atoms with E-state index >= 15 is 0 Å². The average molecular weight is 404 g/mol. The Morgan fingerprint density at radius 2 is 2.15 bits per heavy atom. The van der Waals surface area contributed by atoms with Crippen molar-refractivity contribution >= 4 is 40.0 Å². The Kier molecular flexibility index (Phi) is 5.88. The van der Waals surface area contributed by atoms with Crippen LogP contribution in [0.1, 0.15) is 27.7 Å². The van der Waals surface area contributed by atoms with Crippen LogP contribution >= 0.6 is 23.1 Å². The topological polar surface area (TPSA) is 97.7 Å². The number of fused-ring (bicyclic) bond motifs is 1. The summed E-state index contributed by atoms with van der Waals surface area (Å²) in [6.45, 7) is 3.88. The van der Waals surface area contributed by atoms with Crippen LogP contribution in [0, 0.1) is 17.6 Å². The smallest absolute Gasteiger partial charge is 0.348 e. The molecule has 2 heterocycles. The number of nitriles is 1. The van der Waals surface area contributed by atoms with Crippen molar-refractivity contribution < 1.29 is 23.8 Å². The summed E-state index contributed by atoms with van der Waals surface area (Å²) in [5, 5.41) is 14.3. The minimum Gasteiger partial charge on any atom is -0.462 e. The molecule has 0 aliphatic carbocycles. The van der Waals surface area contributed by atoms with Crippen molar-refractivity contribution in [2.24, 2.45) is 0 Å². The van der Waals surface area contributed by atoms with Crippen molar-refractivity contribution in [1.29, 1.82) is 5.26 Å². The van der Waals surface area contributed by atoms with E-state index < -0.39 is 5.97 Å². The number of anilines is 1. The van der Waals surface area contributed by atoms with Gasteiger partial charge in [-0.2, -0.15) is 5.26 Å². The normalized spacial score (nSPS) is 11.7. The lowest BCUT2D eigenvalue weighted by atomic mass is 10.1. The molecule has 2 aromatic rings. The minimum absolute atomic E-state index is 0.124. The van der Waals surface area contributed by atoms with Crippen LogP contribution in [0.5, 0.6) is 11.5 Å². The van der Waals surface area contributed by atoms with Crippen molar-refractivity contribution in [3.05, 3.63) is 34.2 Å². The number of amides is 1. The number of hydrogen-bond donors (Lipinski definition) is 1. The molecule has 3 rings (SSSR count). The number of carbonyl (C=O) groups is 2. The number of esters is 1. The van der Waals surface area contributed by atoms with Crippen LogP contribution in [0.15, 0.2) is 23.1 Å². The van der Waals surface area contributed by atoms with Gasteiger partial charge < -0.3 is 19.5 Å². The molecule has 1 N–H and O–H groups in total. The Hall–Kier alpha value is -2.70. The lowest BCUT2D eigenvalue weighted by molar-refractivity contribution is -0.115. The van der Waals surface area contributed by atoms with Crippen LogP contribution in [0.3, 0.4) is 0 Å². The van der Waals surface area contributed by atoms with Gasteiger partial charge in [0.25, 0.3) is 0 Å². The van der Waals surface area contributed by atoms with Crippen LogP contribution in [0.4, 0.5) is 5.00 Å². The quantitative estimate of drug-likeness (QED) is 0.445. The molecule has 0 atom stereocenters. The van der Waals surface area contributed by atoms with E-state index in [0.29, 0.717) is 31.8 Å². The predicted molar refractivity (Wildman–Crippen MR) is 101 cm³/mol. The number of thiophene rings is 1. The molecule has 0 saturated heterocycles. The average Bonchev–Trinajstić information content (AvgIpc) is 3.21. The summed E-state index contributed by atoms with van der Waals surface area (Å²) in [4.78, 5) is 25.5. The van der Waals surface area contributed by atoms with Gasteiger partial charge in [-0.15, -0.1) is 11.3 Å². The van der Waals surface area contributed by atoms with E-state index in [4.69, 9.17) is 19.5 Å². The molecule has 1 aromatic carbocycles. The monoisotopic (exact) mass is 404 g/mol. The molecule has 1 aliphatic heterocycles. The first-order chi connectivity index (χ1) is 13.0. The van der Waals surface area contributed by atoms with Crippen LogP contribution in [-0.2, 0) is 16.0 Å². The van der Waals surface area contributed by atoms with Gasteiger partial charge >= 0.3 is 5.97 Å². The second-order valence-corrected chi connectivity index (χ2v) is 7.36. The van der Waals surface area contributed by atoms with E-state index in [2.05, 4.69) is 5.32 Å². The van der Waals surface area contributed by atoms with Crippen molar-refractivity contribution in [3.8, 4) is 16.9 Å². The fraction of sp³-hybridized carbons (Fsp3) is 0.278. The standard InChI is InChI=1S/C18H16N2O5S2/c1-3-23-18(22)16-10(2)15(26-8-19)17(27-16)20-14(21)7-11-4-5-12-13(6-11)25-9-24-12/h4-6H,3,7,9H2,1-2H3,(H,20,21). The molecule has 0 bridgehead atoms. The highest BCUT2D eigenvalue weighted by Crippen LogP contribution is 2.40. The van der Waals surface area contributed by atoms with E-state index in [9.17, 15) is 9.59 Å². The number of benzene rings is 1. The zero-order valence-corrected chi connectivity index (χ0v) is 16.3. The molecule has 27 heavy (non-hydrogen) atoms. The Morgan fingerprint density at radius 1 is 1.37 bits per heavy atom. The summed E-state index contributed by atoms with van der Waals surface area (Å²) < 4.78 is 15.6. The van der Waals surface area contributed by atoms with Crippen LogP contribution in [0.2, 0.25) is 0 Å². The SMILES string of the molecule is CCOC(=O)c1sc(NC(=O)Cc2ccc3c(c2)OCO3)c(SC#N)c1C. The van der Waals surface area contributed by atoms with E-state index in [0.717, 1.165) is 28.7 Å². The minimum atomic E-state index is -0.462. The molecule has 1 aromatic heterocycles. The second kappa shape index (κ2) is 8.33. The van der Waals surface area contributed by atoms with Crippen molar-refractivity contribution in [2.45, 2.75) is 25.2 Å². The van der Waals surface area contributed by atoms with Crippen LogP contribution < -0.4 is 14.8 Å². The number of thiocyanates is 1. The van der Waals surface area contributed by atoms with Crippen molar-refractivity contribution in [2.75, 3.05) is 18.7 Å². The summed E-state index contributed by atoms with van der Waals surface area (Å²) >= 11 is 2.02. The summed E-state index contributed by atoms with van der Waals surface area (Å²) in [6, 6.07) is 5.31. The summed E-state index contributed by atoms with van der Waals surface area (Å²) in [5.41, 5.74) is 1.40. The van der Waals surface area contributed by atoms with Crippen LogP contribution in [-0.4, -0.2) is 25.3 Å². The Morgan fingerprint density at radius 3 is 2.89 bits per heavy atom. The van der Waals surface area contributed by atoms with Crippen LogP contribution in [0.25, 0.3) is 0 Å². The second-order valence-electron chi connectivity index (χ2n) is 5.54. The fourth-order valence-corrected chi connectivity index (χ4v) is 4.36. The van der Waals surface area contributed by atoms with Gasteiger partial charge in [-0.05, 0) is 48.9 Å². The van der Waals surface area contributed by atoms with Crippen molar-refractivity contribution in [1.82, 2.24) is 0 Å². The van der Waals surface area contributed by atoms with E-state index in [1.165, 1.54) is 0 Å². The molecule has 9 heteroatoms. The van der Waals surface area contributed by atoms with Gasteiger partial charge in [-0.25, -0.2) is 4.79 Å². The maximum Gasteiger partial charge on any atom is 0.348 e. The summed E-state index contributed by atoms with van der Waals surface area (Å²) in [5.74, 6) is 0.541. The zero-order valence-electron chi connectivity index (χ0n) is 14.7. The maximum atomic E-state index is 12.5.